The van der Waals surface area contributed by atoms with Gasteiger partial charge in [-0.05, 0) is 20.9 Å². The molecule has 1 saturated heterocycles. The molecule has 0 unspecified atom stereocenters. The van der Waals surface area contributed by atoms with Gasteiger partial charge in [-0.15, -0.1) is 0 Å². The van der Waals surface area contributed by atoms with Gasteiger partial charge in [0.25, 0.3) is 0 Å². The third-order valence-corrected chi connectivity index (χ3v) is 2.95. The van der Waals surface area contributed by atoms with E-state index >= 15 is 0 Å². The molecule has 0 spiro atoms. The molecular weight excluding hydrogens is 190 g/mol. The lowest BCUT2D eigenvalue weighted by Crippen LogP contribution is -2.48. The maximum atomic E-state index is 5.31. The monoisotopic (exact) mass is 215 g/mol. The van der Waals surface area contributed by atoms with E-state index < -0.39 is 0 Å². The van der Waals surface area contributed by atoms with Crippen LogP contribution in [0.3, 0.4) is 0 Å². The Balaban J connectivity index is 2.00. The van der Waals surface area contributed by atoms with Gasteiger partial charge in [-0.3, -0.25) is 4.90 Å². The lowest BCUT2D eigenvalue weighted by molar-refractivity contribution is 0.0383. The van der Waals surface area contributed by atoms with E-state index in [9.17, 15) is 0 Å². The minimum atomic E-state index is 0.186. The van der Waals surface area contributed by atoms with E-state index in [-0.39, 0.29) is 5.54 Å². The van der Waals surface area contributed by atoms with Crippen LogP contribution < -0.4 is 10.6 Å². The normalized spacial score (nSPS) is 19.4. The summed E-state index contributed by atoms with van der Waals surface area (Å²) < 4.78 is 5.31. The first kappa shape index (κ1) is 12.9. The largest absolute Gasteiger partial charge is 0.379 e. The summed E-state index contributed by atoms with van der Waals surface area (Å²) in [6.07, 6.45) is 0. The molecule has 0 aromatic carbocycles. The molecule has 2 N–H and O–H groups in total. The van der Waals surface area contributed by atoms with Crippen molar-refractivity contribution >= 4 is 0 Å². The first-order chi connectivity index (χ1) is 7.14. The highest BCUT2D eigenvalue weighted by molar-refractivity contribution is 4.78. The highest BCUT2D eigenvalue weighted by Crippen LogP contribution is 1.98. The van der Waals surface area contributed by atoms with Crippen molar-refractivity contribution < 1.29 is 4.74 Å². The molecule has 0 radical (unpaired) electrons. The van der Waals surface area contributed by atoms with Crippen LogP contribution in [0.15, 0.2) is 0 Å². The molecule has 90 valence electrons. The summed E-state index contributed by atoms with van der Waals surface area (Å²) in [7, 11) is 2.00. The summed E-state index contributed by atoms with van der Waals surface area (Å²) in [4.78, 5) is 2.45. The topological polar surface area (TPSA) is 36.5 Å². The van der Waals surface area contributed by atoms with Gasteiger partial charge in [-0.25, -0.2) is 0 Å². The lowest BCUT2D eigenvalue weighted by atomic mass is 10.1. The van der Waals surface area contributed by atoms with E-state index in [0.717, 1.165) is 45.9 Å². The van der Waals surface area contributed by atoms with Gasteiger partial charge in [0.15, 0.2) is 0 Å². The van der Waals surface area contributed by atoms with E-state index in [1.54, 1.807) is 0 Å². The van der Waals surface area contributed by atoms with Gasteiger partial charge in [-0.1, -0.05) is 0 Å². The third kappa shape index (κ3) is 5.47. The molecule has 0 aliphatic carbocycles. The number of nitrogens with one attached hydrogen (secondary N) is 2. The zero-order valence-electron chi connectivity index (χ0n) is 10.3. The molecule has 1 aliphatic heterocycles. The molecule has 0 aromatic heterocycles. The number of morpholine rings is 1. The fourth-order valence-corrected chi connectivity index (χ4v) is 1.55. The SMILES string of the molecule is CNC(C)(C)CNCCN1CCOCC1. The number of likely N-dealkylation sites (N-methyl/N-ethyl adjacent to an activating group) is 1. The Morgan fingerprint density at radius 1 is 1.27 bits per heavy atom. The van der Waals surface area contributed by atoms with Crippen LogP contribution in [-0.4, -0.2) is 63.4 Å². The van der Waals surface area contributed by atoms with Crippen LogP contribution in [-0.2, 0) is 4.74 Å². The van der Waals surface area contributed by atoms with Crippen LogP contribution in [0.1, 0.15) is 13.8 Å². The fourth-order valence-electron chi connectivity index (χ4n) is 1.55. The molecule has 15 heavy (non-hydrogen) atoms. The van der Waals surface area contributed by atoms with Crippen molar-refractivity contribution in [2.45, 2.75) is 19.4 Å². The molecule has 1 fully saturated rings. The van der Waals surface area contributed by atoms with E-state index in [1.807, 2.05) is 7.05 Å². The van der Waals surface area contributed by atoms with E-state index in [2.05, 4.69) is 29.4 Å². The van der Waals surface area contributed by atoms with Crippen LogP contribution in [0.5, 0.6) is 0 Å². The number of nitrogens with zero attached hydrogens (tertiary/aromatic N) is 1. The van der Waals surface area contributed by atoms with Crippen molar-refractivity contribution in [3.63, 3.8) is 0 Å². The van der Waals surface area contributed by atoms with Gasteiger partial charge in [0.2, 0.25) is 0 Å². The zero-order chi connectivity index (χ0) is 11.1. The van der Waals surface area contributed by atoms with Crippen LogP contribution in [0.25, 0.3) is 0 Å². The number of rotatable bonds is 6. The van der Waals surface area contributed by atoms with Gasteiger partial charge in [0.05, 0.1) is 13.2 Å². The molecule has 0 atom stereocenters. The Labute approximate surface area is 93.4 Å². The molecule has 0 aromatic rings. The van der Waals surface area contributed by atoms with Gasteiger partial charge in [0.1, 0.15) is 0 Å². The van der Waals surface area contributed by atoms with Gasteiger partial charge in [0, 0.05) is 38.3 Å². The Hall–Kier alpha value is -0.160. The average molecular weight is 215 g/mol. The Morgan fingerprint density at radius 3 is 2.53 bits per heavy atom. The standard InChI is InChI=1S/C11H25N3O/c1-11(2,12-3)10-13-4-5-14-6-8-15-9-7-14/h12-13H,4-10H2,1-3H3. The predicted molar refractivity (Wildman–Crippen MR) is 63.3 cm³/mol. The van der Waals surface area contributed by atoms with Gasteiger partial charge >= 0.3 is 0 Å². The Kier molecular flexibility index (Phi) is 5.53. The van der Waals surface area contributed by atoms with E-state index in [4.69, 9.17) is 4.74 Å². The van der Waals surface area contributed by atoms with Crippen LogP contribution in [0.4, 0.5) is 0 Å². The van der Waals surface area contributed by atoms with Crippen molar-refractivity contribution in [3.8, 4) is 0 Å². The minimum Gasteiger partial charge on any atom is -0.379 e. The summed E-state index contributed by atoms with van der Waals surface area (Å²) in [5, 5.41) is 6.76. The number of ether oxygens (including phenoxy) is 1. The Bertz CT molecular complexity index is 167. The number of hydrogen-bond acceptors (Lipinski definition) is 4. The van der Waals surface area contributed by atoms with Gasteiger partial charge < -0.3 is 15.4 Å². The maximum Gasteiger partial charge on any atom is 0.0594 e. The molecule has 0 amide bonds. The second-order valence-electron chi connectivity index (χ2n) is 4.76. The summed E-state index contributed by atoms with van der Waals surface area (Å²) >= 11 is 0. The minimum absolute atomic E-state index is 0.186. The molecule has 1 rings (SSSR count). The molecule has 0 bridgehead atoms. The van der Waals surface area contributed by atoms with Crippen LogP contribution >= 0.6 is 0 Å². The quantitative estimate of drug-likeness (QED) is 0.607. The zero-order valence-corrected chi connectivity index (χ0v) is 10.3. The first-order valence-corrected chi connectivity index (χ1v) is 5.84. The smallest absolute Gasteiger partial charge is 0.0594 e. The Morgan fingerprint density at radius 2 is 1.93 bits per heavy atom. The highest BCUT2D eigenvalue weighted by atomic mass is 16.5. The van der Waals surface area contributed by atoms with E-state index in [1.165, 1.54) is 0 Å². The molecule has 4 heteroatoms. The van der Waals surface area contributed by atoms with Gasteiger partial charge in [-0.2, -0.15) is 0 Å². The second-order valence-corrected chi connectivity index (χ2v) is 4.76. The summed E-state index contributed by atoms with van der Waals surface area (Å²) in [6.45, 7) is 11.5. The fraction of sp³-hybridized carbons (Fsp3) is 1.00. The number of hydrogen-bond donors (Lipinski definition) is 2. The first-order valence-electron chi connectivity index (χ1n) is 5.84. The van der Waals surface area contributed by atoms with Crippen molar-refractivity contribution in [1.82, 2.24) is 15.5 Å². The molecule has 4 nitrogen and oxygen atoms in total. The average Bonchev–Trinajstić information content (AvgIpc) is 2.26. The molecule has 1 aliphatic rings. The molecular formula is C11H25N3O. The van der Waals surface area contributed by atoms with Crippen molar-refractivity contribution in [2.75, 3.05) is 53.0 Å². The summed E-state index contributed by atoms with van der Waals surface area (Å²) in [5.74, 6) is 0. The predicted octanol–water partition coefficient (Wildman–Crippen LogP) is -0.0938. The van der Waals surface area contributed by atoms with Crippen LogP contribution in [0, 0.1) is 0 Å². The molecule has 0 saturated carbocycles. The van der Waals surface area contributed by atoms with Crippen molar-refractivity contribution in [3.05, 3.63) is 0 Å². The maximum absolute atomic E-state index is 5.31. The summed E-state index contributed by atoms with van der Waals surface area (Å²) in [6, 6.07) is 0. The second kappa shape index (κ2) is 6.43. The highest BCUT2D eigenvalue weighted by Gasteiger charge is 2.14. The van der Waals surface area contributed by atoms with Crippen molar-refractivity contribution in [2.24, 2.45) is 0 Å². The van der Waals surface area contributed by atoms with E-state index in [0.29, 0.717) is 0 Å². The van der Waals surface area contributed by atoms with Crippen LogP contribution in [0.2, 0.25) is 0 Å². The lowest BCUT2D eigenvalue weighted by Gasteiger charge is -2.28. The summed E-state index contributed by atoms with van der Waals surface area (Å²) in [5.41, 5.74) is 0.186. The third-order valence-electron chi connectivity index (χ3n) is 2.95. The van der Waals surface area contributed by atoms with Crippen molar-refractivity contribution in [1.29, 1.82) is 0 Å². The molecule has 1 heterocycles.